The average Bonchev–Trinajstić information content (AvgIpc) is 3.66. The highest BCUT2D eigenvalue weighted by Gasteiger charge is 2.59. The summed E-state index contributed by atoms with van der Waals surface area (Å²) in [5.41, 5.74) is 2.05. The lowest BCUT2D eigenvalue weighted by atomic mass is 9.47. The fraction of sp³-hybridized carbons (Fsp3) is 0.915. The van der Waals surface area contributed by atoms with Crippen molar-refractivity contribution in [2.75, 3.05) is 6.61 Å². The summed E-state index contributed by atoms with van der Waals surface area (Å²) in [6.07, 6.45) is 39.8. The molecular formula is C59H104O7. The number of rotatable bonds is 31. The van der Waals surface area contributed by atoms with Crippen molar-refractivity contribution in [3.63, 3.8) is 0 Å². The van der Waals surface area contributed by atoms with Crippen molar-refractivity contribution in [2.45, 2.75) is 284 Å². The summed E-state index contributed by atoms with van der Waals surface area (Å²) in [6, 6.07) is 0. The highest BCUT2D eigenvalue weighted by Crippen LogP contribution is 2.67. The van der Waals surface area contributed by atoms with E-state index in [1.807, 2.05) is 0 Å². The summed E-state index contributed by atoms with van der Waals surface area (Å²) < 4.78 is 18.1. The van der Waals surface area contributed by atoms with Crippen molar-refractivity contribution in [1.82, 2.24) is 0 Å². The van der Waals surface area contributed by atoms with E-state index in [4.69, 9.17) is 14.2 Å². The molecule has 0 spiro atoms. The third-order valence-corrected chi connectivity index (χ3v) is 18.6. The molecule has 0 aromatic carbocycles. The maximum atomic E-state index is 12.7. The van der Waals surface area contributed by atoms with E-state index in [1.165, 1.54) is 153 Å². The van der Waals surface area contributed by atoms with Gasteiger partial charge in [0.1, 0.15) is 31.0 Å². The number of hydrogen-bond donors (Lipinski definition) is 3. The number of ether oxygens (including phenoxy) is 3. The first kappa shape index (κ1) is 55.7. The van der Waals surface area contributed by atoms with E-state index in [0.717, 1.165) is 62.7 Å². The highest BCUT2D eigenvalue weighted by atomic mass is 16.7. The number of aliphatic hydroxyl groups excluding tert-OH is 3. The largest absolute Gasteiger partial charge is 0.463 e. The lowest BCUT2D eigenvalue weighted by Crippen LogP contribution is -2.60. The van der Waals surface area contributed by atoms with Crippen molar-refractivity contribution in [3.8, 4) is 0 Å². The normalized spacial score (nSPS) is 34.2. The van der Waals surface area contributed by atoms with Gasteiger partial charge in [0.15, 0.2) is 6.29 Å². The minimum Gasteiger partial charge on any atom is -0.463 e. The molecule has 5 rings (SSSR count). The van der Waals surface area contributed by atoms with Gasteiger partial charge in [-0.25, -0.2) is 0 Å². The molecule has 0 aromatic heterocycles. The number of carbonyl (C=O) groups is 1. The molecule has 4 fully saturated rings. The Hall–Kier alpha value is -1.25. The van der Waals surface area contributed by atoms with Gasteiger partial charge in [0.25, 0.3) is 0 Å². The lowest BCUT2D eigenvalue weighted by molar-refractivity contribution is -0.313. The van der Waals surface area contributed by atoms with Crippen LogP contribution in [-0.4, -0.2) is 64.7 Å². The van der Waals surface area contributed by atoms with E-state index in [-0.39, 0.29) is 24.1 Å². The first-order chi connectivity index (χ1) is 31.8. The van der Waals surface area contributed by atoms with Gasteiger partial charge in [-0.05, 0) is 116 Å². The molecule has 14 atom stereocenters. The minimum atomic E-state index is -1.45. The van der Waals surface area contributed by atoms with Crippen molar-refractivity contribution < 1.29 is 34.3 Å². The van der Waals surface area contributed by atoms with Crippen LogP contribution in [0.4, 0.5) is 0 Å². The number of unbranched alkanes of at least 4 members (excludes halogenated alkanes) is 20. The standard InChI is InChI=1S/C59H104O7/c1-8-10-11-12-13-14-15-16-17-18-19-20-21-22-23-24-25-26-27-28-29-30-53(60)64-42-52-54(61)55(62)56(63)57(66-52)65-47-37-39-58(6)46(41-47)33-34-48-50-36-35-49(59(50,7)40-38-51(48)58)44(5)31-32-45(9-2)43(3)4/h31-33,43-45,47-52,54-57,61-63H,8-30,34-42H2,1-7H3/b32-31+. The maximum Gasteiger partial charge on any atom is 0.305 e. The second-order valence-electron chi connectivity index (χ2n) is 23.6. The second kappa shape index (κ2) is 28.6. The van der Waals surface area contributed by atoms with Gasteiger partial charge in [-0.2, -0.15) is 0 Å². The lowest BCUT2D eigenvalue weighted by Gasteiger charge is -2.58. The van der Waals surface area contributed by atoms with Gasteiger partial charge in [0, 0.05) is 6.42 Å². The SMILES string of the molecule is CCCCCCCCCCCCCCCCCCCCCCCC(=O)OCC1OC(OC2CCC3(C)C(=CCC4C3CCC3(C)C(C(C)/C=C/C(CC)C(C)C)CCC43)C2)C(O)C(O)C1O. The Kier molecular flexibility index (Phi) is 24.1. The first-order valence-electron chi connectivity index (χ1n) is 28.7. The summed E-state index contributed by atoms with van der Waals surface area (Å²) >= 11 is 0. The Bertz CT molecular complexity index is 1430. The van der Waals surface area contributed by atoms with E-state index in [9.17, 15) is 20.1 Å². The molecule has 66 heavy (non-hydrogen) atoms. The van der Waals surface area contributed by atoms with Crippen molar-refractivity contribution >= 4 is 5.97 Å². The van der Waals surface area contributed by atoms with Gasteiger partial charge >= 0.3 is 5.97 Å². The fourth-order valence-electron chi connectivity index (χ4n) is 14.2. The van der Waals surface area contributed by atoms with Crippen molar-refractivity contribution in [1.29, 1.82) is 0 Å². The third-order valence-electron chi connectivity index (χ3n) is 18.6. The molecule has 0 bridgehead atoms. The Morgan fingerprint density at radius 2 is 1.29 bits per heavy atom. The number of aliphatic hydroxyl groups is 3. The summed E-state index contributed by atoms with van der Waals surface area (Å²) in [4.78, 5) is 12.7. The number of allylic oxidation sites excluding steroid dienone is 3. The minimum absolute atomic E-state index is 0.148. The predicted molar refractivity (Wildman–Crippen MR) is 272 cm³/mol. The Labute approximate surface area is 405 Å². The average molecular weight is 925 g/mol. The van der Waals surface area contributed by atoms with Crippen LogP contribution < -0.4 is 0 Å². The van der Waals surface area contributed by atoms with Crippen LogP contribution in [0.1, 0.15) is 248 Å². The zero-order chi connectivity index (χ0) is 47.5. The van der Waals surface area contributed by atoms with Crippen LogP contribution in [0.3, 0.4) is 0 Å². The first-order valence-corrected chi connectivity index (χ1v) is 28.7. The van der Waals surface area contributed by atoms with E-state index < -0.39 is 30.7 Å². The van der Waals surface area contributed by atoms with Gasteiger partial charge in [0.05, 0.1) is 6.10 Å². The number of esters is 1. The van der Waals surface area contributed by atoms with Crippen LogP contribution >= 0.6 is 0 Å². The van der Waals surface area contributed by atoms with Crippen LogP contribution in [-0.2, 0) is 19.0 Å². The number of hydrogen-bond acceptors (Lipinski definition) is 7. The molecular weight excluding hydrogens is 821 g/mol. The molecule has 4 aliphatic carbocycles. The summed E-state index contributed by atoms with van der Waals surface area (Å²) in [5, 5.41) is 32.7. The third kappa shape index (κ3) is 15.6. The molecule has 0 aromatic rings. The molecule has 0 radical (unpaired) electrons. The van der Waals surface area contributed by atoms with Crippen molar-refractivity contribution in [3.05, 3.63) is 23.8 Å². The van der Waals surface area contributed by atoms with Crippen molar-refractivity contribution in [2.24, 2.45) is 52.3 Å². The van der Waals surface area contributed by atoms with Crippen LogP contribution in [0.2, 0.25) is 0 Å². The van der Waals surface area contributed by atoms with E-state index >= 15 is 0 Å². The molecule has 1 heterocycles. The molecule has 5 aliphatic rings. The van der Waals surface area contributed by atoms with Gasteiger partial charge in [-0.3, -0.25) is 4.79 Å². The van der Waals surface area contributed by atoms with Crippen LogP contribution in [0, 0.1) is 52.3 Å². The Balaban J connectivity index is 0.941. The molecule has 382 valence electrons. The zero-order valence-corrected chi connectivity index (χ0v) is 43.8. The Morgan fingerprint density at radius 1 is 0.712 bits per heavy atom. The second-order valence-corrected chi connectivity index (χ2v) is 23.6. The van der Waals surface area contributed by atoms with Crippen LogP contribution in [0.25, 0.3) is 0 Å². The molecule has 7 heteroatoms. The van der Waals surface area contributed by atoms with E-state index in [0.29, 0.717) is 35.5 Å². The molecule has 3 saturated carbocycles. The zero-order valence-electron chi connectivity index (χ0n) is 43.8. The number of carbonyl (C=O) groups excluding carboxylic acids is 1. The quantitative estimate of drug-likeness (QED) is 0.0361. The molecule has 3 N–H and O–H groups in total. The van der Waals surface area contributed by atoms with Gasteiger partial charge in [0.2, 0.25) is 0 Å². The molecule has 1 aliphatic heterocycles. The summed E-state index contributed by atoms with van der Waals surface area (Å²) in [5.74, 6) is 4.62. The predicted octanol–water partition coefficient (Wildman–Crippen LogP) is 14.8. The van der Waals surface area contributed by atoms with Gasteiger partial charge in [-0.1, -0.05) is 201 Å². The fourth-order valence-corrected chi connectivity index (χ4v) is 14.2. The van der Waals surface area contributed by atoms with Crippen LogP contribution in [0.15, 0.2) is 23.8 Å². The Morgan fingerprint density at radius 3 is 1.85 bits per heavy atom. The monoisotopic (exact) mass is 925 g/mol. The van der Waals surface area contributed by atoms with Gasteiger partial charge in [-0.15, -0.1) is 0 Å². The molecule has 1 saturated heterocycles. The summed E-state index contributed by atoms with van der Waals surface area (Å²) in [7, 11) is 0. The smallest absolute Gasteiger partial charge is 0.305 e. The number of fused-ring (bicyclic) bond motifs is 5. The van der Waals surface area contributed by atoms with E-state index in [2.05, 4.69) is 66.7 Å². The maximum absolute atomic E-state index is 12.7. The topological polar surface area (TPSA) is 105 Å². The highest BCUT2D eigenvalue weighted by molar-refractivity contribution is 5.69. The van der Waals surface area contributed by atoms with Gasteiger partial charge < -0.3 is 29.5 Å². The summed E-state index contributed by atoms with van der Waals surface area (Å²) in [6.45, 7) is 16.8. The molecule has 0 amide bonds. The molecule has 7 nitrogen and oxygen atoms in total. The van der Waals surface area contributed by atoms with E-state index in [1.54, 1.807) is 0 Å². The van der Waals surface area contributed by atoms with Crippen LogP contribution in [0.5, 0.6) is 0 Å². The molecule has 14 unspecified atom stereocenters.